The van der Waals surface area contributed by atoms with Gasteiger partial charge in [0.2, 0.25) is 0 Å². The van der Waals surface area contributed by atoms with Crippen LogP contribution in [0.1, 0.15) is 36.2 Å². The largest absolute Gasteiger partial charge is 0.370 e. The minimum atomic E-state index is -0.164. The first-order valence-electron chi connectivity index (χ1n) is 10.4. The lowest BCUT2D eigenvalue weighted by Gasteiger charge is -2.39. The third-order valence-corrected chi connectivity index (χ3v) is 6.44. The summed E-state index contributed by atoms with van der Waals surface area (Å²) in [6.07, 6.45) is 9.85. The lowest BCUT2D eigenvalue weighted by atomic mass is 9.64. The standard InChI is InChI=1S/C23H22N6O/c1-29-14-18(13-26-29)21-27-22(28-30-21)23(8-2-9-23)19-5-3-15(4-6-19)17-11-16-7-10-24-20(16)25-12-17/h3-6,11-14H,2,7-10H2,1H3,(H,24,25). The van der Waals surface area contributed by atoms with Crippen molar-refractivity contribution in [2.75, 3.05) is 11.9 Å². The summed E-state index contributed by atoms with van der Waals surface area (Å²) in [5, 5.41) is 11.9. The number of pyridine rings is 1. The minimum absolute atomic E-state index is 0.164. The molecule has 2 aliphatic rings. The molecule has 0 atom stereocenters. The van der Waals surface area contributed by atoms with Crippen molar-refractivity contribution in [3.05, 3.63) is 65.9 Å². The smallest absolute Gasteiger partial charge is 0.261 e. The summed E-state index contributed by atoms with van der Waals surface area (Å²) < 4.78 is 7.31. The Balaban J connectivity index is 1.32. The van der Waals surface area contributed by atoms with Gasteiger partial charge in [-0.15, -0.1) is 0 Å². The van der Waals surface area contributed by atoms with Crippen LogP contribution >= 0.6 is 0 Å². The van der Waals surface area contributed by atoms with Gasteiger partial charge in [0.25, 0.3) is 5.89 Å². The lowest BCUT2D eigenvalue weighted by molar-refractivity contribution is 0.273. The monoisotopic (exact) mass is 398 g/mol. The Hall–Kier alpha value is -3.48. The fourth-order valence-electron chi connectivity index (χ4n) is 4.55. The number of hydrogen-bond acceptors (Lipinski definition) is 6. The Labute approximate surface area is 174 Å². The molecule has 1 aliphatic carbocycles. The van der Waals surface area contributed by atoms with Crippen LogP contribution in [-0.4, -0.2) is 31.4 Å². The molecule has 4 aromatic rings. The SMILES string of the molecule is Cn1cc(-c2nc(C3(c4ccc(-c5cnc6c(c5)CCN6)cc4)CCC3)no2)cn1. The fraction of sp³-hybridized carbons (Fsp3) is 0.304. The number of aromatic nitrogens is 5. The minimum Gasteiger partial charge on any atom is -0.370 e. The van der Waals surface area contributed by atoms with E-state index >= 15 is 0 Å². The van der Waals surface area contributed by atoms with Gasteiger partial charge in [-0.3, -0.25) is 4.68 Å². The summed E-state index contributed by atoms with van der Waals surface area (Å²) in [5.74, 6) is 2.31. The van der Waals surface area contributed by atoms with Crippen LogP contribution in [-0.2, 0) is 18.9 Å². The summed E-state index contributed by atoms with van der Waals surface area (Å²) >= 11 is 0. The Morgan fingerprint density at radius 2 is 1.93 bits per heavy atom. The summed E-state index contributed by atoms with van der Waals surface area (Å²) in [5.41, 5.74) is 5.56. The fourth-order valence-corrected chi connectivity index (χ4v) is 4.55. The predicted octanol–water partition coefficient (Wildman–Crippen LogP) is 3.97. The average Bonchev–Trinajstić information content (AvgIpc) is 3.48. The van der Waals surface area contributed by atoms with E-state index in [4.69, 9.17) is 9.51 Å². The molecule has 4 heterocycles. The highest BCUT2D eigenvalue weighted by Crippen LogP contribution is 2.48. The topological polar surface area (TPSA) is 81.7 Å². The summed E-state index contributed by atoms with van der Waals surface area (Å²) in [6.45, 7) is 0.971. The maximum Gasteiger partial charge on any atom is 0.261 e. The van der Waals surface area contributed by atoms with Crippen molar-refractivity contribution < 1.29 is 4.52 Å². The van der Waals surface area contributed by atoms with Gasteiger partial charge < -0.3 is 9.84 Å². The Kier molecular flexibility index (Phi) is 3.78. The van der Waals surface area contributed by atoms with E-state index < -0.39 is 0 Å². The molecule has 6 rings (SSSR count). The number of fused-ring (bicyclic) bond motifs is 1. The Morgan fingerprint density at radius 3 is 2.67 bits per heavy atom. The molecular formula is C23H22N6O. The van der Waals surface area contributed by atoms with Gasteiger partial charge >= 0.3 is 0 Å². The van der Waals surface area contributed by atoms with Crippen molar-refractivity contribution in [3.8, 4) is 22.6 Å². The van der Waals surface area contributed by atoms with E-state index in [1.165, 1.54) is 23.1 Å². The van der Waals surface area contributed by atoms with Gasteiger partial charge in [-0.25, -0.2) is 4.98 Å². The second kappa shape index (κ2) is 6.52. The highest BCUT2D eigenvalue weighted by atomic mass is 16.5. The van der Waals surface area contributed by atoms with Gasteiger partial charge in [0, 0.05) is 31.5 Å². The first-order valence-corrected chi connectivity index (χ1v) is 10.4. The zero-order chi connectivity index (χ0) is 20.1. The maximum absolute atomic E-state index is 5.57. The molecule has 0 unspecified atom stereocenters. The Bertz CT molecular complexity index is 1220. The zero-order valence-corrected chi connectivity index (χ0v) is 16.8. The molecule has 1 fully saturated rings. The third kappa shape index (κ3) is 2.65. The molecular weight excluding hydrogens is 376 g/mol. The van der Waals surface area contributed by atoms with Crippen LogP contribution in [0.25, 0.3) is 22.6 Å². The van der Waals surface area contributed by atoms with Crippen LogP contribution in [0.5, 0.6) is 0 Å². The molecule has 3 aromatic heterocycles. The van der Waals surface area contributed by atoms with Gasteiger partial charge in [0.15, 0.2) is 5.82 Å². The first kappa shape index (κ1) is 17.4. The van der Waals surface area contributed by atoms with Gasteiger partial charge in [-0.05, 0) is 42.0 Å². The number of nitrogens with zero attached hydrogens (tertiary/aromatic N) is 5. The predicted molar refractivity (Wildman–Crippen MR) is 113 cm³/mol. The van der Waals surface area contributed by atoms with Crippen molar-refractivity contribution in [3.63, 3.8) is 0 Å². The van der Waals surface area contributed by atoms with E-state index in [0.717, 1.165) is 48.6 Å². The van der Waals surface area contributed by atoms with Gasteiger partial charge in [-0.2, -0.15) is 10.1 Å². The number of anilines is 1. The molecule has 1 aliphatic heterocycles. The summed E-state index contributed by atoms with van der Waals surface area (Å²) in [6, 6.07) is 11.0. The van der Waals surface area contributed by atoms with Crippen LogP contribution in [0.3, 0.4) is 0 Å². The van der Waals surface area contributed by atoms with Crippen LogP contribution in [0.2, 0.25) is 0 Å². The van der Waals surface area contributed by atoms with Crippen molar-refractivity contribution in [2.45, 2.75) is 31.1 Å². The van der Waals surface area contributed by atoms with E-state index in [0.29, 0.717) is 5.89 Å². The average molecular weight is 398 g/mol. The van der Waals surface area contributed by atoms with Crippen LogP contribution < -0.4 is 5.32 Å². The van der Waals surface area contributed by atoms with E-state index in [9.17, 15) is 0 Å². The molecule has 0 saturated heterocycles. The molecule has 1 N–H and O–H groups in total. The second-order valence-electron chi connectivity index (χ2n) is 8.25. The molecule has 1 aromatic carbocycles. The van der Waals surface area contributed by atoms with Gasteiger partial charge in [0.05, 0.1) is 17.2 Å². The first-order chi connectivity index (χ1) is 14.7. The number of rotatable bonds is 4. The number of nitrogens with one attached hydrogen (secondary N) is 1. The zero-order valence-electron chi connectivity index (χ0n) is 16.8. The third-order valence-electron chi connectivity index (χ3n) is 6.44. The van der Waals surface area contributed by atoms with Crippen molar-refractivity contribution in [2.24, 2.45) is 7.05 Å². The highest BCUT2D eigenvalue weighted by Gasteiger charge is 2.44. The molecule has 1 saturated carbocycles. The number of hydrogen-bond donors (Lipinski definition) is 1. The van der Waals surface area contributed by atoms with E-state index in [1.54, 1.807) is 10.9 Å². The molecule has 0 amide bonds. The second-order valence-corrected chi connectivity index (χ2v) is 8.25. The maximum atomic E-state index is 5.57. The molecule has 0 bridgehead atoms. The summed E-state index contributed by atoms with van der Waals surface area (Å²) in [7, 11) is 1.88. The van der Waals surface area contributed by atoms with E-state index in [-0.39, 0.29) is 5.41 Å². The van der Waals surface area contributed by atoms with E-state index in [1.807, 2.05) is 19.4 Å². The highest BCUT2D eigenvalue weighted by molar-refractivity contribution is 5.67. The van der Waals surface area contributed by atoms with Crippen LogP contribution in [0.4, 0.5) is 5.82 Å². The van der Waals surface area contributed by atoms with E-state index in [2.05, 4.69) is 50.9 Å². The summed E-state index contributed by atoms with van der Waals surface area (Å²) in [4.78, 5) is 9.30. The molecule has 7 heteroatoms. The van der Waals surface area contributed by atoms with Crippen molar-refractivity contribution in [1.82, 2.24) is 24.9 Å². The van der Waals surface area contributed by atoms with Gasteiger partial charge in [-0.1, -0.05) is 35.8 Å². The lowest BCUT2D eigenvalue weighted by Crippen LogP contribution is -2.36. The molecule has 150 valence electrons. The van der Waals surface area contributed by atoms with Crippen molar-refractivity contribution >= 4 is 5.82 Å². The van der Waals surface area contributed by atoms with Crippen LogP contribution in [0, 0.1) is 0 Å². The van der Waals surface area contributed by atoms with Crippen molar-refractivity contribution in [1.29, 1.82) is 0 Å². The molecule has 30 heavy (non-hydrogen) atoms. The Morgan fingerprint density at radius 1 is 1.07 bits per heavy atom. The quantitative estimate of drug-likeness (QED) is 0.560. The molecule has 0 spiro atoms. The normalized spacial score (nSPS) is 16.7. The molecule has 7 nitrogen and oxygen atoms in total. The number of aryl methyl sites for hydroxylation is 1. The number of benzene rings is 1. The van der Waals surface area contributed by atoms with Crippen LogP contribution in [0.15, 0.2) is 53.4 Å². The molecule has 0 radical (unpaired) electrons. The van der Waals surface area contributed by atoms with Gasteiger partial charge in [0.1, 0.15) is 5.82 Å².